The minimum atomic E-state index is 0.845. The Morgan fingerprint density at radius 2 is 1.86 bits per heavy atom. The van der Waals surface area contributed by atoms with E-state index >= 15 is 0 Å². The molecule has 0 amide bonds. The van der Waals surface area contributed by atoms with E-state index in [0.717, 1.165) is 15.5 Å². The average molecular weight is 316 g/mol. The molecule has 0 radical (unpaired) electrons. The number of nitrogens with zero attached hydrogens (tertiary/aromatic N) is 2. The lowest BCUT2D eigenvalue weighted by atomic mass is 10.2. The molecule has 1 aromatic heterocycles. The second-order valence-corrected chi connectivity index (χ2v) is 4.84. The Balaban J connectivity index is 2.25. The van der Waals surface area contributed by atoms with Gasteiger partial charge in [-0.25, -0.2) is 4.98 Å². The van der Waals surface area contributed by atoms with Gasteiger partial charge in [-0.2, -0.15) is 0 Å². The van der Waals surface area contributed by atoms with Crippen LogP contribution in [0.5, 0.6) is 0 Å². The molecule has 14 heavy (non-hydrogen) atoms. The molecular weight excluding hydrogens is 308 g/mol. The molecule has 2 aromatic rings. The second kappa shape index (κ2) is 4.28. The first-order valence-electron chi connectivity index (χ1n) is 4.15. The zero-order valence-electron chi connectivity index (χ0n) is 7.32. The minimum absolute atomic E-state index is 0.845. The monoisotopic (exact) mass is 314 g/mol. The lowest BCUT2D eigenvalue weighted by Gasteiger charge is -2.04. The average Bonchev–Trinajstić information content (AvgIpc) is 2.54. The van der Waals surface area contributed by atoms with E-state index in [1.807, 2.05) is 23.2 Å². The standard InChI is InChI=1S/C10H8Br2N2/c11-9-3-8(4-10(12)5-9)6-14-2-1-13-7-14/h1-5,7H,6H2. The van der Waals surface area contributed by atoms with Gasteiger partial charge in [0, 0.05) is 27.9 Å². The van der Waals surface area contributed by atoms with Crippen LogP contribution in [0.25, 0.3) is 0 Å². The summed E-state index contributed by atoms with van der Waals surface area (Å²) in [5.41, 5.74) is 1.24. The number of hydrogen-bond acceptors (Lipinski definition) is 1. The maximum atomic E-state index is 4.00. The third-order valence-electron chi connectivity index (χ3n) is 1.85. The molecule has 2 rings (SSSR count). The highest BCUT2D eigenvalue weighted by atomic mass is 79.9. The van der Waals surface area contributed by atoms with Crippen molar-refractivity contribution in [1.29, 1.82) is 0 Å². The van der Waals surface area contributed by atoms with Gasteiger partial charge < -0.3 is 4.57 Å². The van der Waals surface area contributed by atoms with Crippen LogP contribution in [0.2, 0.25) is 0 Å². The summed E-state index contributed by atoms with van der Waals surface area (Å²) in [4.78, 5) is 4.00. The molecule has 0 fully saturated rings. The fraction of sp³-hybridized carbons (Fsp3) is 0.100. The van der Waals surface area contributed by atoms with Crippen LogP contribution in [0.15, 0.2) is 45.9 Å². The SMILES string of the molecule is Brc1cc(Br)cc(Cn2ccnc2)c1. The van der Waals surface area contributed by atoms with Crippen LogP contribution < -0.4 is 0 Å². The molecule has 0 unspecified atom stereocenters. The number of aromatic nitrogens is 2. The van der Waals surface area contributed by atoms with Crippen molar-refractivity contribution in [2.24, 2.45) is 0 Å². The van der Waals surface area contributed by atoms with Gasteiger partial charge in [-0.3, -0.25) is 0 Å². The fourth-order valence-electron chi connectivity index (χ4n) is 1.29. The molecule has 72 valence electrons. The number of rotatable bonds is 2. The van der Waals surface area contributed by atoms with Crippen molar-refractivity contribution in [3.63, 3.8) is 0 Å². The zero-order valence-corrected chi connectivity index (χ0v) is 10.5. The Morgan fingerprint density at radius 1 is 1.14 bits per heavy atom. The summed E-state index contributed by atoms with van der Waals surface area (Å²) in [5.74, 6) is 0. The topological polar surface area (TPSA) is 17.8 Å². The molecule has 4 heteroatoms. The number of hydrogen-bond donors (Lipinski definition) is 0. The molecule has 0 atom stereocenters. The van der Waals surface area contributed by atoms with Crippen molar-refractivity contribution in [2.45, 2.75) is 6.54 Å². The van der Waals surface area contributed by atoms with Gasteiger partial charge in [-0.05, 0) is 23.8 Å². The lowest BCUT2D eigenvalue weighted by molar-refractivity contribution is 0.796. The maximum Gasteiger partial charge on any atom is 0.0949 e. The summed E-state index contributed by atoms with van der Waals surface area (Å²) in [7, 11) is 0. The molecule has 0 aliphatic carbocycles. The summed E-state index contributed by atoms with van der Waals surface area (Å²) < 4.78 is 4.21. The molecule has 0 saturated carbocycles. The summed E-state index contributed by atoms with van der Waals surface area (Å²) in [6.07, 6.45) is 5.55. The predicted molar refractivity (Wildman–Crippen MR) is 63.2 cm³/mol. The summed E-state index contributed by atoms with van der Waals surface area (Å²) in [5, 5.41) is 0. The van der Waals surface area contributed by atoms with Crippen LogP contribution in [-0.2, 0) is 6.54 Å². The highest BCUT2D eigenvalue weighted by Gasteiger charge is 1.98. The van der Waals surface area contributed by atoms with E-state index in [9.17, 15) is 0 Å². The number of benzene rings is 1. The van der Waals surface area contributed by atoms with Crippen molar-refractivity contribution < 1.29 is 0 Å². The first-order valence-corrected chi connectivity index (χ1v) is 5.73. The second-order valence-electron chi connectivity index (χ2n) is 3.01. The number of imidazole rings is 1. The zero-order chi connectivity index (χ0) is 9.97. The smallest absolute Gasteiger partial charge is 0.0949 e. The maximum absolute atomic E-state index is 4.00. The van der Waals surface area contributed by atoms with Crippen LogP contribution >= 0.6 is 31.9 Å². The van der Waals surface area contributed by atoms with Gasteiger partial charge in [0.15, 0.2) is 0 Å². The first kappa shape index (κ1) is 9.93. The van der Waals surface area contributed by atoms with Crippen LogP contribution in [0.3, 0.4) is 0 Å². The Morgan fingerprint density at radius 3 is 2.43 bits per heavy atom. The van der Waals surface area contributed by atoms with E-state index in [-0.39, 0.29) is 0 Å². The van der Waals surface area contributed by atoms with E-state index < -0.39 is 0 Å². The molecule has 1 aromatic carbocycles. The molecule has 0 aliphatic heterocycles. The number of halogens is 2. The summed E-state index contributed by atoms with van der Waals surface area (Å²) in [6, 6.07) is 6.23. The Bertz CT molecular complexity index is 403. The minimum Gasteiger partial charge on any atom is -0.333 e. The highest BCUT2D eigenvalue weighted by molar-refractivity contribution is 9.11. The van der Waals surface area contributed by atoms with Gasteiger partial charge in [0.05, 0.1) is 6.33 Å². The van der Waals surface area contributed by atoms with Crippen LogP contribution in [0, 0.1) is 0 Å². The Labute approximate surface area is 99.2 Å². The summed E-state index contributed by atoms with van der Waals surface area (Å²) in [6.45, 7) is 0.845. The van der Waals surface area contributed by atoms with Crippen LogP contribution in [0.4, 0.5) is 0 Å². The molecular formula is C10H8Br2N2. The van der Waals surface area contributed by atoms with Crippen LogP contribution in [-0.4, -0.2) is 9.55 Å². The molecule has 0 spiro atoms. The molecule has 0 aliphatic rings. The van der Waals surface area contributed by atoms with Crippen molar-refractivity contribution in [2.75, 3.05) is 0 Å². The van der Waals surface area contributed by atoms with Crippen molar-refractivity contribution in [3.05, 3.63) is 51.4 Å². The van der Waals surface area contributed by atoms with Crippen LogP contribution in [0.1, 0.15) is 5.56 Å². The molecule has 0 saturated heterocycles. The van der Waals surface area contributed by atoms with Gasteiger partial charge >= 0.3 is 0 Å². The van der Waals surface area contributed by atoms with E-state index in [2.05, 4.69) is 49.0 Å². The molecule has 2 nitrogen and oxygen atoms in total. The van der Waals surface area contributed by atoms with Crippen molar-refractivity contribution >= 4 is 31.9 Å². The van der Waals surface area contributed by atoms with Gasteiger partial charge in [-0.15, -0.1) is 0 Å². The van der Waals surface area contributed by atoms with Crippen molar-refractivity contribution in [3.8, 4) is 0 Å². The Kier molecular flexibility index (Phi) is 3.03. The fourth-order valence-corrected chi connectivity index (χ4v) is 2.68. The van der Waals surface area contributed by atoms with Crippen molar-refractivity contribution in [1.82, 2.24) is 9.55 Å². The quantitative estimate of drug-likeness (QED) is 0.830. The third kappa shape index (κ3) is 2.45. The Hall–Kier alpha value is -0.610. The van der Waals surface area contributed by atoms with Gasteiger partial charge in [0.25, 0.3) is 0 Å². The lowest BCUT2D eigenvalue weighted by Crippen LogP contribution is -1.96. The van der Waals surface area contributed by atoms with E-state index in [4.69, 9.17) is 0 Å². The predicted octanol–water partition coefficient (Wildman–Crippen LogP) is 3.46. The van der Waals surface area contributed by atoms with Gasteiger partial charge in [-0.1, -0.05) is 31.9 Å². The van der Waals surface area contributed by atoms with Gasteiger partial charge in [0.1, 0.15) is 0 Å². The third-order valence-corrected chi connectivity index (χ3v) is 2.76. The van der Waals surface area contributed by atoms with E-state index in [1.165, 1.54) is 5.56 Å². The first-order chi connectivity index (χ1) is 6.74. The molecule has 0 N–H and O–H groups in total. The van der Waals surface area contributed by atoms with E-state index in [0.29, 0.717) is 0 Å². The molecule has 1 heterocycles. The largest absolute Gasteiger partial charge is 0.333 e. The normalized spacial score (nSPS) is 10.4. The summed E-state index contributed by atoms with van der Waals surface area (Å²) >= 11 is 6.92. The van der Waals surface area contributed by atoms with E-state index in [1.54, 1.807) is 6.20 Å². The molecule has 0 bridgehead atoms. The van der Waals surface area contributed by atoms with Gasteiger partial charge in [0.2, 0.25) is 0 Å². The highest BCUT2D eigenvalue weighted by Crippen LogP contribution is 2.20.